The van der Waals surface area contributed by atoms with Crippen LogP contribution in [0.3, 0.4) is 0 Å². The van der Waals surface area contributed by atoms with Crippen LogP contribution in [0.1, 0.15) is 15.9 Å². The first-order valence-corrected chi connectivity index (χ1v) is 6.78. The van der Waals surface area contributed by atoms with E-state index in [1.807, 2.05) is 31.2 Å². The van der Waals surface area contributed by atoms with Crippen molar-refractivity contribution < 1.29 is 4.79 Å². The van der Waals surface area contributed by atoms with Crippen LogP contribution in [-0.4, -0.2) is 11.0 Å². The molecule has 0 saturated heterocycles. The van der Waals surface area contributed by atoms with E-state index < -0.39 is 0 Å². The van der Waals surface area contributed by atoms with E-state index >= 15 is 0 Å². The van der Waals surface area contributed by atoms with Crippen molar-refractivity contribution in [2.45, 2.75) is 6.92 Å². The first-order chi connectivity index (χ1) is 9.54. The zero-order chi connectivity index (χ0) is 14.5. The second kappa shape index (κ2) is 6.50. The number of hydrogen-bond acceptors (Lipinski definition) is 2. The maximum atomic E-state index is 11.9. The molecule has 0 fully saturated rings. The predicted octanol–water partition coefficient (Wildman–Crippen LogP) is 3.78. The number of halogens is 1. The minimum atomic E-state index is -0.272. The lowest BCUT2D eigenvalue weighted by molar-refractivity contribution is 0.0978. The van der Waals surface area contributed by atoms with Gasteiger partial charge in [0, 0.05) is 16.3 Å². The third kappa shape index (κ3) is 4.05. The maximum Gasteiger partial charge on any atom is 0.257 e. The fraction of sp³-hybridized carbons (Fsp3) is 0.0667. The molecule has 2 aromatic carbocycles. The molecule has 0 atom stereocenters. The van der Waals surface area contributed by atoms with Gasteiger partial charge in [-0.15, -0.1) is 0 Å². The highest BCUT2D eigenvalue weighted by Crippen LogP contribution is 2.10. The minimum Gasteiger partial charge on any atom is -0.332 e. The molecule has 0 unspecified atom stereocenters. The number of amides is 1. The largest absolute Gasteiger partial charge is 0.332 e. The average Bonchev–Trinajstić information content (AvgIpc) is 2.42. The van der Waals surface area contributed by atoms with Crippen LogP contribution < -0.4 is 10.6 Å². The lowest BCUT2D eigenvalue weighted by Gasteiger charge is -2.09. The zero-order valence-electron chi connectivity index (χ0n) is 10.8. The molecule has 1 amide bonds. The number of aryl methyl sites for hydroxylation is 1. The topological polar surface area (TPSA) is 41.1 Å². The van der Waals surface area contributed by atoms with Crippen molar-refractivity contribution in [1.82, 2.24) is 5.32 Å². The molecule has 2 N–H and O–H groups in total. The Hall–Kier alpha value is -1.91. The van der Waals surface area contributed by atoms with E-state index in [9.17, 15) is 4.79 Å². The highest BCUT2D eigenvalue weighted by atomic mass is 35.5. The molecule has 20 heavy (non-hydrogen) atoms. The van der Waals surface area contributed by atoms with Crippen LogP contribution in [-0.2, 0) is 0 Å². The maximum absolute atomic E-state index is 11.9. The van der Waals surface area contributed by atoms with Gasteiger partial charge < -0.3 is 5.32 Å². The molecule has 0 radical (unpaired) electrons. The average molecular weight is 305 g/mol. The molecule has 5 heteroatoms. The van der Waals surface area contributed by atoms with Gasteiger partial charge in [-0.3, -0.25) is 10.1 Å². The summed E-state index contributed by atoms with van der Waals surface area (Å²) < 4.78 is 0. The normalized spacial score (nSPS) is 9.90. The summed E-state index contributed by atoms with van der Waals surface area (Å²) >= 11 is 10.9. The van der Waals surface area contributed by atoms with Crippen LogP contribution in [0.15, 0.2) is 48.5 Å². The molecular weight excluding hydrogens is 292 g/mol. The molecule has 102 valence electrons. The van der Waals surface area contributed by atoms with Gasteiger partial charge in [-0.05, 0) is 55.5 Å². The van der Waals surface area contributed by atoms with E-state index in [0.29, 0.717) is 10.6 Å². The van der Waals surface area contributed by atoms with E-state index in [0.717, 1.165) is 11.3 Å². The molecule has 0 aliphatic carbocycles. The molecule has 0 saturated carbocycles. The smallest absolute Gasteiger partial charge is 0.257 e. The quantitative estimate of drug-likeness (QED) is 0.830. The Morgan fingerprint density at radius 3 is 2.25 bits per heavy atom. The molecule has 0 aromatic heterocycles. The van der Waals surface area contributed by atoms with Crippen molar-refractivity contribution in [2.75, 3.05) is 5.32 Å². The highest BCUT2D eigenvalue weighted by molar-refractivity contribution is 7.80. The molecule has 2 rings (SSSR count). The number of carbonyl (C=O) groups is 1. The molecule has 2 aromatic rings. The molecule has 0 spiro atoms. The van der Waals surface area contributed by atoms with Gasteiger partial charge in [0.15, 0.2) is 5.11 Å². The second-order valence-electron chi connectivity index (χ2n) is 4.28. The number of hydrogen-bond donors (Lipinski definition) is 2. The molecule has 0 bridgehead atoms. The van der Waals surface area contributed by atoms with Crippen LogP contribution in [0, 0.1) is 6.92 Å². The number of thiocarbonyl (C=S) groups is 1. The number of anilines is 1. The summed E-state index contributed by atoms with van der Waals surface area (Å²) in [6, 6.07) is 14.3. The number of rotatable bonds is 2. The summed E-state index contributed by atoms with van der Waals surface area (Å²) in [5.74, 6) is -0.272. The third-order valence-electron chi connectivity index (χ3n) is 2.64. The highest BCUT2D eigenvalue weighted by Gasteiger charge is 2.07. The van der Waals surface area contributed by atoms with E-state index in [-0.39, 0.29) is 11.0 Å². The van der Waals surface area contributed by atoms with Gasteiger partial charge in [0.25, 0.3) is 5.91 Å². The molecule has 3 nitrogen and oxygen atoms in total. The minimum absolute atomic E-state index is 0.258. The van der Waals surface area contributed by atoms with Crippen molar-refractivity contribution in [3.05, 3.63) is 64.7 Å². The fourth-order valence-corrected chi connectivity index (χ4v) is 1.91. The lowest BCUT2D eigenvalue weighted by atomic mass is 10.2. The van der Waals surface area contributed by atoms with Crippen molar-refractivity contribution in [2.24, 2.45) is 0 Å². The predicted molar refractivity (Wildman–Crippen MR) is 86.3 cm³/mol. The summed E-state index contributed by atoms with van der Waals surface area (Å²) in [5.41, 5.74) is 2.49. The SMILES string of the molecule is Cc1ccc(NC(=S)NC(=O)c2ccc(Cl)cc2)cc1. The Balaban J connectivity index is 1.95. The van der Waals surface area contributed by atoms with E-state index in [1.165, 1.54) is 0 Å². The Bertz CT molecular complexity index is 623. The van der Waals surface area contributed by atoms with Gasteiger partial charge in [0.05, 0.1) is 0 Å². The summed E-state index contributed by atoms with van der Waals surface area (Å²) in [7, 11) is 0. The number of carbonyl (C=O) groups excluding carboxylic acids is 1. The van der Waals surface area contributed by atoms with Gasteiger partial charge in [0.2, 0.25) is 0 Å². The molecular formula is C15H13ClN2OS. The Kier molecular flexibility index (Phi) is 4.71. The Morgan fingerprint density at radius 1 is 1.05 bits per heavy atom. The van der Waals surface area contributed by atoms with Gasteiger partial charge in [-0.2, -0.15) is 0 Å². The fourth-order valence-electron chi connectivity index (χ4n) is 1.58. The molecule has 0 aliphatic heterocycles. The van der Waals surface area contributed by atoms with Crippen molar-refractivity contribution >= 4 is 40.5 Å². The van der Waals surface area contributed by atoms with Crippen LogP contribution in [0.4, 0.5) is 5.69 Å². The molecule has 0 heterocycles. The van der Waals surface area contributed by atoms with Crippen molar-refractivity contribution in [3.63, 3.8) is 0 Å². The number of benzene rings is 2. The number of nitrogens with one attached hydrogen (secondary N) is 2. The van der Waals surface area contributed by atoms with Gasteiger partial charge in [-0.1, -0.05) is 29.3 Å². The standard InChI is InChI=1S/C15H13ClN2OS/c1-10-2-8-13(9-3-10)17-15(20)18-14(19)11-4-6-12(16)7-5-11/h2-9H,1H3,(H2,17,18,19,20). The molecule has 0 aliphatic rings. The van der Waals surface area contributed by atoms with Gasteiger partial charge in [-0.25, -0.2) is 0 Å². The summed E-state index contributed by atoms with van der Waals surface area (Å²) in [6.45, 7) is 2.00. The Labute approximate surface area is 128 Å². The lowest BCUT2D eigenvalue weighted by Crippen LogP contribution is -2.34. The first kappa shape index (κ1) is 14.5. The Morgan fingerprint density at radius 2 is 1.65 bits per heavy atom. The summed E-state index contributed by atoms with van der Waals surface area (Å²) in [6.07, 6.45) is 0. The summed E-state index contributed by atoms with van der Waals surface area (Å²) in [5, 5.41) is 6.41. The van der Waals surface area contributed by atoms with Crippen LogP contribution >= 0.6 is 23.8 Å². The third-order valence-corrected chi connectivity index (χ3v) is 3.10. The van der Waals surface area contributed by atoms with Crippen LogP contribution in [0.5, 0.6) is 0 Å². The van der Waals surface area contributed by atoms with Crippen LogP contribution in [0.25, 0.3) is 0 Å². The van der Waals surface area contributed by atoms with Gasteiger partial charge in [0.1, 0.15) is 0 Å². The van der Waals surface area contributed by atoms with Crippen molar-refractivity contribution in [3.8, 4) is 0 Å². The second-order valence-corrected chi connectivity index (χ2v) is 5.13. The van der Waals surface area contributed by atoms with E-state index in [4.69, 9.17) is 23.8 Å². The van der Waals surface area contributed by atoms with Gasteiger partial charge >= 0.3 is 0 Å². The zero-order valence-corrected chi connectivity index (χ0v) is 12.4. The first-order valence-electron chi connectivity index (χ1n) is 5.99. The van der Waals surface area contributed by atoms with E-state index in [1.54, 1.807) is 24.3 Å². The van der Waals surface area contributed by atoms with Crippen molar-refractivity contribution in [1.29, 1.82) is 0 Å². The van der Waals surface area contributed by atoms with E-state index in [2.05, 4.69) is 10.6 Å². The van der Waals surface area contributed by atoms with Crippen LogP contribution in [0.2, 0.25) is 5.02 Å². The monoisotopic (exact) mass is 304 g/mol. The summed E-state index contributed by atoms with van der Waals surface area (Å²) in [4.78, 5) is 11.9.